The first-order valence-corrected chi connectivity index (χ1v) is 13.5. The van der Waals surface area contributed by atoms with Gasteiger partial charge in [0.05, 0.1) is 35.4 Å². The lowest BCUT2D eigenvalue weighted by Gasteiger charge is -2.22. The van der Waals surface area contributed by atoms with E-state index in [0.717, 1.165) is 36.2 Å². The van der Waals surface area contributed by atoms with E-state index < -0.39 is 11.6 Å². The first-order valence-electron chi connectivity index (χ1n) is 12.7. The van der Waals surface area contributed by atoms with Crippen molar-refractivity contribution >= 4 is 43.3 Å². The number of nitrogens with zero attached hydrogens (tertiary/aromatic N) is 5. The number of nitriles is 1. The van der Waals surface area contributed by atoms with Crippen molar-refractivity contribution in [2.45, 2.75) is 54.3 Å². The number of halogens is 2. The van der Waals surface area contributed by atoms with E-state index in [4.69, 9.17) is 10.5 Å². The average Bonchev–Trinajstić information content (AvgIpc) is 3.56. The fourth-order valence-corrected chi connectivity index (χ4v) is 6.05. The van der Waals surface area contributed by atoms with E-state index in [0.29, 0.717) is 22.8 Å². The number of nitrogens with two attached hydrogens (primary N) is 1. The maximum Gasteiger partial charge on any atom is 0.226 e. The van der Waals surface area contributed by atoms with Gasteiger partial charge in [-0.3, -0.25) is 4.98 Å². The Morgan fingerprint density at radius 3 is 2.58 bits per heavy atom. The van der Waals surface area contributed by atoms with Gasteiger partial charge in [-0.15, -0.1) is 11.3 Å². The SMILES string of the molecule is CC1CN(c2ncc3c4c(c(-c5ncc(F)c6sc(N)c(C#N)c56)c(F)c3n2)COC4)CC1(C)C.CCC. The highest BCUT2D eigenvalue weighted by Gasteiger charge is 2.38. The third kappa shape index (κ3) is 4.05. The Kier molecular flexibility index (Phi) is 6.70. The van der Waals surface area contributed by atoms with Crippen LogP contribution in [0.2, 0.25) is 0 Å². The van der Waals surface area contributed by atoms with E-state index in [1.165, 1.54) is 6.42 Å². The van der Waals surface area contributed by atoms with Crippen LogP contribution in [-0.2, 0) is 18.0 Å². The van der Waals surface area contributed by atoms with Crippen molar-refractivity contribution in [3.8, 4) is 17.3 Å². The van der Waals surface area contributed by atoms with Gasteiger partial charge in [0.15, 0.2) is 11.6 Å². The molecule has 1 unspecified atom stereocenters. The minimum absolute atomic E-state index is 0.0873. The van der Waals surface area contributed by atoms with Crippen LogP contribution in [0.5, 0.6) is 0 Å². The van der Waals surface area contributed by atoms with Crippen LogP contribution in [0.3, 0.4) is 0 Å². The highest BCUT2D eigenvalue weighted by molar-refractivity contribution is 7.23. The zero-order chi connectivity index (χ0) is 27.4. The molecule has 0 saturated carbocycles. The Morgan fingerprint density at radius 2 is 1.92 bits per heavy atom. The molecule has 2 aliphatic heterocycles. The third-order valence-electron chi connectivity index (χ3n) is 7.44. The second-order valence-electron chi connectivity index (χ2n) is 10.7. The molecule has 0 radical (unpaired) electrons. The fraction of sp³-hybridized carbons (Fsp3) is 0.429. The number of hydrogen-bond donors (Lipinski definition) is 1. The molecule has 198 valence electrons. The highest BCUT2D eigenvalue weighted by Crippen LogP contribution is 2.45. The van der Waals surface area contributed by atoms with Gasteiger partial charge < -0.3 is 15.4 Å². The molecule has 1 saturated heterocycles. The molecule has 2 N–H and O–H groups in total. The van der Waals surface area contributed by atoms with Gasteiger partial charge >= 0.3 is 0 Å². The fourth-order valence-electron chi connectivity index (χ4n) is 5.13. The number of fused-ring (bicyclic) bond motifs is 4. The monoisotopic (exact) mass is 536 g/mol. The first kappa shape index (κ1) is 26.2. The van der Waals surface area contributed by atoms with Crippen LogP contribution >= 0.6 is 11.3 Å². The molecule has 0 bridgehead atoms. The summed E-state index contributed by atoms with van der Waals surface area (Å²) in [4.78, 5) is 15.6. The third-order valence-corrected chi connectivity index (χ3v) is 8.47. The lowest BCUT2D eigenvalue weighted by Crippen LogP contribution is -2.24. The number of hydrogen-bond acceptors (Lipinski definition) is 8. The Balaban J connectivity index is 0.000000937. The molecule has 38 heavy (non-hydrogen) atoms. The van der Waals surface area contributed by atoms with Crippen LogP contribution in [-0.4, -0.2) is 28.0 Å². The zero-order valence-corrected chi connectivity index (χ0v) is 23.0. The Labute approximate surface area is 224 Å². The molecule has 0 amide bonds. The summed E-state index contributed by atoms with van der Waals surface area (Å²) in [6, 6.07) is 2.03. The molecule has 1 fully saturated rings. The summed E-state index contributed by atoms with van der Waals surface area (Å²) in [5.74, 6) is -0.297. The minimum Gasteiger partial charge on any atom is -0.389 e. The van der Waals surface area contributed by atoms with E-state index in [1.54, 1.807) is 6.20 Å². The molecule has 6 rings (SSSR count). The average molecular weight is 537 g/mol. The van der Waals surface area contributed by atoms with Gasteiger partial charge in [0.25, 0.3) is 0 Å². The van der Waals surface area contributed by atoms with E-state index in [2.05, 4.69) is 54.5 Å². The Morgan fingerprint density at radius 1 is 1.21 bits per heavy atom. The second kappa shape index (κ2) is 9.71. The largest absolute Gasteiger partial charge is 0.389 e. The van der Waals surface area contributed by atoms with Gasteiger partial charge in [-0.05, 0) is 22.5 Å². The van der Waals surface area contributed by atoms with Crippen LogP contribution in [0.15, 0.2) is 12.4 Å². The summed E-state index contributed by atoms with van der Waals surface area (Å²) in [6.07, 6.45) is 3.95. The molecule has 5 heterocycles. The number of ether oxygens (including phenoxy) is 1. The molecular weight excluding hydrogens is 506 g/mol. The van der Waals surface area contributed by atoms with E-state index >= 15 is 4.39 Å². The van der Waals surface area contributed by atoms with Gasteiger partial charge in [0, 0.05) is 35.6 Å². The number of anilines is 2. The molecular formula is C28H30F2N6OS. The maximum atomic E-state index is 16.4. The summed E-state index contributed by atoms with van der Waals surface area (Å²) >= 11 is 0.955. The van der Waals surface area contributed by atoms with Crippen molar-refractivity contribution in [3.63, 3.8) is 0 Å². The van der Waals surface area contributed by atoms with Crippen molar-refractivity contribution in [3.05, 3.63) is 40.7 Å². The molecule has 4 aromatic rings. The van der Waals surface area contributed by atoms with Crippen molar-refractivity contribution in [2.75, 3.05) is 23.7 Å². The van der Waals surface area contributed by atoms with Gasteiger partial charge in [0.1, 0.15) is 16.6 Å². The molecule has 2 aliphatic rings. The molecule has 3 aromatic heterocycles. The predicted octanol–water partition coefficient (Wildman–Crippen LogP) is 6.57. The van der Waals surface area contributed by atoms with Crippen molar-refractivity contribution in [1.82, 2.24) is 15.0 Å². The van der Waals surface area contributed by atoms with Gasteiger partial charge in [0.2, 0.25) is 5.95 Å². The van der Waals surface area contributed by atoms with Crippen molar-refractivity contribution < 1.29 is 13.5 Å². The lowest BCUT2D eigenvalue weighted by atomic mass is 9.84. The number of aromatic nitrogens is 3. The van der Waals surface area contributed by atoms with Gasteiger partial charge in [-0.1, -0.05) is 41.0 Å². The van der Waals surface area contributed by atoms with Crippen molar-refractivity contribution in [2.24, 2.45) is 11.3 Å². The summed E-state index contributed by atoms with van der Waals surface area (Å²) in [7, 11) is 0. The number of rotatable bonds is 2. The minimum atomic E-state index is -0.605. The van der Waals surface area contributed by atoms with Gasteiger partial charge in [-0.2, -0.15) is 5.26 Å². The van der Waals surface area contributed by atoms with Crippen LogP contribution in [0.4, 0.5) is 19.7 Å². The predicted molar refractivity (Wildman–Crippen MR) is 147 cm³/mol. The number of benzene rings is 1. The number of pyridine rings is 1. The Hall–Kier alpha value is -3.42. The molecule has 1 aromatic carbocycles. The smallest absolute Gasteiger partial charge is 0.226 e. The molecule has 0 aliphatic carbocycles. The highest BCUT2D eigenvalue weighted by atomic mass is 32.1. The zero-order valence-electron chi connectivity index (χ0n) is 22.2. The van der Waals surface area contributed by atoms with Gasteiger partial charge in [-0.25, -0.2) is 18.7 Å². The quantitative estimate of drug-likeness (QED) is 0.309. The number of nitrogen functional groups attached to an aromatic ring is 1. The topological polar surface area (TPSA) is 101 Å². The second-order valence-corrected chi connectivity index (χ2v) is 11.7. The molecule has 1 atom stereocenters. The molecule has 0 spiro atoms. The van der Waals surface area contributed by atoms with E-state index in [-0.39, 0.29) is 56.1 Å². The first-order chi connectivity index (χ1) is 18.1. The normalized spacial score (nSPS) is 17.9. The molecule has 7 nitrogen and oxygen atoms in total. The summed E-state index contributed by atoms with van der Waals surface area (Å²) < 4.78 is 36.8. The summed E-state index contributed by atoms with van der Waals surface area (Å²) in [5, 5.41) is 10.7. The van der Waals surface area contributed by atoms with E-state index in [9.17, 15) is 9.65 Å². The molecule has 10 heteroatoms. The lowest BCUT2D eigenvalue weighted by molar-refractivity contribution is 0.135. The van der Waals surface area contributed by atoms with Crippen LogP contribution < -0.4 is 10.6 Å². The number of thiophene rings is 1. The van der Waals surface area contributed by atoms with E-state index in [1.807, 2.05) is 6.07 Å². The van der Waals surface area contributed by atoms with Crippen molar-refractivity contribution in [1.29, 1.82) is 5.26 Å². The summed E-state index contributed by atoms with van der Waals surface area (Å²) in [5.41, 5.74) is 8.07. The Bertz CT molecular complexity index is 1610. The standard InChI is InChI=1S/C25H22F2N6OS.C3H8/c1-11-7-33(10-25(11,2)3)24-31-5-13-14-8-34-9-15(14)17(19(27)20(13)32-24)21-18-12(4-28)23(29)35-22(18)16(26)6-30-21;1-3-2/h5-6,11H,7-10,29H2,1-3H3;3H2,1-2H3. The van der Waals surface area contributed by atoms with Crippen LogP contribution in [0.25, 0.3) is 32.2 Å². The maximum absolute atomic E-state index is 16.4. The summed E-state index contributed by atoms with van der Waals surface area (Å²) in [6.45, 7) is 12.8. The van der Waals surface area contributed by atoms with Crippen LogP contribution in [0, 0.1) is 34.3 Å². The van der Waals surface area contributed by atoms with Crippen LogP contribution in [0.1, 0.15) is 57.7 Å².